The fraction of sp³-hybridized carbons (Fsp3) is 0.870. The maximum absolute atomic E-state index is 13.4. The first kappa shape index (κ1) is 24.2. The molecule has 4 rings (SSSR count). The lowest BCUT2D eigenvalue weighted by molar-refractivity contribution is -0.129. The van der Waals surface area contributed by atoms with Crippen molar-refractivity contribution in [3.05, 3.63) is 0 Å². The van der Waals surface area contributed by atoms with Crippen LogP contribution in [0.3, 0.4) is 0 Å². The van der Waals surface area contributed by atoms with Crippen LogP contribution in [-0.4, -0.2) is 94.0 Å². The highest BCUT2D eigenvalue weighted by Crippen LogP contribution is 2.32. The average molecular weight is 482 g/mol. The van der Waals surface area contributed by atoms with Crippen molar-refractivity contribution in [1.82, 2.24) is 20.0 Å². The third kappa shape index (κ3) is 6.56. The number of carbonyl (C=O) groups excluding carboxylic acids is 2. The van der Waals surface area contributed by atoms with Crippen molar-refractivity contribution in [3.8, 4) is 0 Å². The van der Waals surface area contributed by atoms with E-state index in [4.69, 9.17) is 0 Å². The number of piperazine rings is 1. The van der Waals surface area contributed by atoms with E-state index in [1.165, 1.54) is 38.5 Å². The van der Waals surface area contributed by atoms with Gasteiger partial charge in [-0.2, -0.15) is 0 Å². The van der Waals surface area contributed by atoms with E-state index in [2.05, 4.69) is 27.2 Å². The summed E-state index contributed by atoms with van der Waals surface area (Å²) in [6.45, 7) is 4.21. The van der Waals surface area contributed by atoms with Crippen molar-refractivity contribution >= 4 is 40.6 Å². The number of aliphatic imine (C=N–C) groups is 1. The molecule has 2 heterocycles. The molecule has 1 atom stereocenters. The van der Waals surface area contributed by atoms with Gasteiger partial charge in [0.15, 0.2) is 5.17 Å². The van der Waals surface area contributed by atoms with Gasteiger partial charge < -0.3 is 14.7 Å². The Hall–Kier alpha value is -0.930. The molecular weight excluding hydrogens is 442 g/mol. The summed E-state index contributed by atoms with van der Waals surface area (Å²) in [4.78, 5) is 36.9. The molecule has 32 heavy (non-hydrogen) atoms. The molecule has 1 saturated heterocycles. The summed E-state index contributed by atoms with van der Waals surface area (Å²) in [6.07, 6.45) is 12.1. The van der Waals surface area contributed by atoms with Gasteiger partial charge in [-0.05, 0) is 32.7 Å². The Balaban J connectivity index is 1.24. The van der Waals surface area contributed by atoms with Crippen molar-refractivity contribution in [3.63, 3.8) is 0 Å². The zero-order chi connectivity index (χ0) is 22.3. The van der Waals surface area contributed by atoms with Gasteiger partial charge >= 0.3 is 6.03 Å². The summed E-state index contributed by atoms with van der Waals surface area (Å²) >= 11 is 3.27. The van der Waals surface area contributed by atoms with Crippen LogP contribution >= 0.6 is 23.5 Å². The van der Waals surface area contributed by atoms with Gasteiger partial charge in [0.1, 0.15) is 0 Å². The number of thioether (sulfide) groups is 2. The lowest BCUT2D eigenvalue weighted by atomic mass is 9.89. The predicted molar refractivity (Wildman–Crippen MR) is 134 cm³/mol. The SMILES string of the molecule is CN1CCN(C(=O)CSC2CN=C(NC(=O)N(C3CCCCC3)C3CCCCC3)S2)CC1. The van der Waals surface area contributed by atoms with Crippen LogP contribution in [0.5, 0.6) is 0 Å². The molecule has 2 aliphatic carbocycles. The normalized spacial score (nSPS) is 26.1. The third-order valence-electron chi connectivity index (χ3n) is 7.26. The standard InChI is InChI=1S/C23H39N5O2S2/c1-26-12-14-27(15-13-26)20(29)17-31-21-16-24-22(32-21)25-23(30)28(18-8-4-2-5-9-18)19-10-6-3-7-11-19/h18-19,21H,2-17H2,1H3,(H,24,25,30). The molecule has 180 valence electrons. The smallest absolute Gasteiger partial charge is 0.323 e. The van der Waals surface area contributed by atoms with E-state index in [1.54, 1.807) is 23.5 Å². The third-order valence-corrected chi connectivity index (χ3v) is 9.76. The molecule has 9 heteroatoms. The molecular formula is C23H39N5O2S2. The van der Waals surface area contributed by atoms with E-state index in [0.29, 0.717) is 24.4 Å². The Morgan fingerprint density at radius 1 is 1.00 bits per heavy atom. The van der Waals surface area contributed by atoms with E-state index in [0.717, 1.165) is 57.0 Å². The number of hydrogen-bond donors (Lipinski definition) is 1. The molecule has 0 bridgehead atoms. The molecule has 0 spiro atoms. The highest BCUT2D eigenvalue weighted by Gasteiger charge is 2.34. The van der Waals surface area contributed by atoms with Gasteiger partial charge in [0.2, 0.25) is 5.91 Å². The minimum atomic E-state index is 0.0502. The van der Waals surface area contributed by atoms with E-state index in [9.17, 15) is 9.59 Å². The van der Waals surface area contributed by atoms with Crippen molar-refractivity contribution < 1.29 is 9.59 Å². The molecule has 3 fully saturated rings. The number of amides is 3. The van der Waals surface area contributed by atoms with Gasteiger partial charge in [-0.25, -0.2) is 4.79 Å². The predicted octanol–water partition coefficient (Wildman–Crippen LogP) is 3.60. The molecule has 0 aromatic carbocycles. The van der Waals surface area contributed by atoms with E-state index >= 15 is 0 Å². The minimum absolute atomic E-state index is 0.0502. The van der Waals surface area contributed by atoms with Crippen LogP contribution < -0.4 is 5.32 Å². The van der Waals surface area contributed by atoms with Crippen LogP contribution in [0.1, 0.15) is 64.2 Å². The van der Waals surface area contributed by atoms with Gasteiger partial charge in [-0.1, -0.05) is 50.3 Å². The number of carbonyl (C=O) groups is 2. The highest BCUT2D eigenvalue weighted by atomic mass is 32.2. The summed E-state index contributed by atoms with van der Waals surface area (Å²) in [6, 6.07) is 0.810. The van der Waals surface area contributed by atoms with Crippen LogP contribution in [0.15, 0.2) is 4.99 Å². The quantitative estimate of drug-likeness (QED) is 0.650. The van der Waals surface area contributed by atoms with Gasteiger partial charge in [-0.15, -0.1) is 11.8 Å². The second-order valence-corrected chi connectivity index (χ2v) is 12.3. The second kappa shape index (κ2) is 12.0. The van der Waals surface area contributed by atoms with Gasteiger partial charge in [0, 0.05) is 38.3 Å². The van der Waals surface area contributed by atoms with Crippen LogP contribution in [0.4, 0.5) is 4.79 Å². The average Bonchev–Trinajstić information content (AvgIpc) is 3.27. The lowest BCUT2D eigenvalue weighted by Crippen LogP contribution is -2.53. The van der Waals surface area contributed by atoms with Crippen LogP contribution in [0.2, 0.25) is 0 Å². The number of rotatable bonds is 5. The monoisotopic (exact) mass is 481 g/mol. The summed E-state index contributed by atoms with van der Waals surface area (Å²) in [5.74, 6) is 0.718. The summed E-state index contributed by atoms with van der Waals surface area (Å²) in [5, 5.41) is 3.88. The number of likely N-dealkylation sites (N-methyl/N-ethyl adjacent to an activating group) is 1. The Labute approximate surface area is 201 Å². The van der Waals surface area contributed by atoms with E-state index in [1.807, 2.05) is 4.90 Å². The maximum atomic E-state index is 13.4. The Morgan fingerprint density at radius 2 is 1.59 bits per heavy atom. The number of nitrogens with one attached hydrogen (secondary N) is 1. The second-order valence-electron chi connectivity index (χ2n) is 9.61. The summed E-state index contributed by atoms with van der Waals surface area (Å²) in [5.41, 5.74) is 0. The molecule has 1 N–H and O–H groups in total. The zero-order valence-corrected chi connectivity index (χ0v) is 21.1. The first-order valence-corrected chi connectivity index (χ1v) is 14.4. The number of amidine groups is 1. The topological polar surface area (TPSA) is 68.2 Å². The maximum Gasteiger partial charge on any atom is 0.323 e. The molecule has 7 nitrogen and oxygen atoms in total. The molecule has 4 aliphatic rings. The number of nitrogens with zero attached hydrogens (tertiary/aromatic N) is 4. The Bertz CT molecular complexity index is 653. The largest absolute Gasteiger partial charge is 0.339 e. The van der Waals surface area contributed by atoms with Gasteiger partial charge in [-0.3, -0.25) is 15.1 Å². The van der Waals surface area contributed by atoms with Gasteiger partial charge in [0.05, 0.1) is 16.9 Å². The van der Waals surface area contributed by atoms with Crippen LogP contribution in [0, 0.1) is 0 Å². The van der Waals surface area contributed by atoms with Gasteiger partial charge in [0.25, 0.3) is 0 Å². The molecule has 0 aromatic heterocycles. The van der Waals surface area contributed by atoms with Crippen molar-refractivity contribution in [2.45, 2.75) is 80.9 Å². The minimum Gasteiger partial charge on any atom is -0.339 e. The Kier molecular flexibility index (Phi) is 9.06. The molecule has 3 amide bonds. The van der Waals surface area contributed by atoms with Crippen molar-refractivity contribution in [1.29, 1.82) is 0 Å². The highest BCUT2D eigenvalue weighted by molar-refractivity contribution is 8.25. The number of hydrogen-bond acceptors (Lipinski definition) is 6. The first-order chi connectivity index (χ1) is 15.6. The Morgan fingerprint density at radius 3 is 2.19 bits per heavy atom. The fourth-order valence-electron chi connectivity index (χ4n) is 5.33. The van der Waals surface area contributed by atoms with E-state index < -0.39 is 0 Å². The number of urea groups is 1. The molecule has 2 saturated carbocycles. The first-order valence-electron chi connectivity index (χ1n) is 12.5. The zero-order valence-electron chi connectivity index (χ0n) is 19.5. The fourth-order valence-corrected chi connectivity index (χ4v) is 7.46. The van der Waals surface area contributed by atoms with Crippen LogP contribution in [-0.2, 0) is 4.79 Å². The molecule has 2 aliphatic heterocycles. The van der Waals surface area contributed by atoms with Crippen molar-refractivity contribution in [2.75, 3.05) is 45.5 Å². The van der Waals surface area contributed by atoms with E-state index in [-0.39, 0.29) is 16.5 Å². The van der Waals surface area contributed by atoms with Crippen LogP contribution in [0.25, 0.3) is 0 Å². The van der Waals surface area contributed by atoms with Crippen molar-refractivity contribution in [2.24, 2.45) is 4.99 Å². The summed E-state index contributed by atoms with van der Waals surface area (Å²) in [7, 11) is 2.10. The molecule has 1 unspecified atom stereocenters. The lowest BCUT2D eigenvalue weighted by Gasteiger charge is -2.41. The molecule has 0 radical (unpaired) electrons. The summed E-state index contributed by atoms with van der Waals surface area (Å²) < 4.78 is 0.208. The molecule has 0 aromatic rings.